The van der Waals surface area contributed by atoms with Gasteiger partial charge in [0.2, 0.25) is 0 Å². The predicted molar refractivity (Wildman–Crippen MR) is 50.0 cm³/mol. The molecule has 0 aliphatic heterocycles. The number of halogens is 2. The summed E-state index contributed by atoms with van der Waals surface area (Å²) in [5, 5.41) is 10.3. The van der Waals surface area contributed by atoms with E-state index in [1.54, 1.807) is 6.07 Å². The second-order valence-electron chi connectivity index (χ2n) is 2.20. The van der Waals surface area contributed by atoms with Crippen LogP contribution in [-0.2, 0) is 11.9 Å². The van der Waals surface area contributed by atoms with Gasteiger partial charge in [-0.1, -0.05) is 33.6 Å². The highest BCUT2D eigenvalue weighted by Crippen LogP contribution is 2.18. The van der Waals surface area contributed by atoms with E-state index >= 15 is 0 Å². The summed E-state index contributed by atoms with van der Waals surface area (Å²) in [5.74, 6) is 0. The Bertz CT molecular complexity index is 250. The molecule has 0 heterocycles. The van der Waals surface area contributed by atoms with Crippen LogP contribution in [0.3, 0.4) is 0 Å². The molecule has 1 aromatic carbocycles. The molecule has 0 saturated carbocycles. The zero-order valence-electron chi connectivity index (χ0n) is 5.85. The molecule has 0 aromatic heterocycles. The summed E-state index contributed by atoms with van der Waals surface area (Å²) in [5.41, 5.74) is 1.96. The molecule has 0 aliphatic carbocycles. The van der Waals surface area contributed by atoms with Gasteiger partial charge in [-0.15, -0.1) is 0 Å². The van der Waals surface area contributed by atoms with Crippen molar-refractivity contribution < 1.29 is 5.11 Å². The quantitative estimate of drug-likeness (QED) is 0.782. The topological polar surface area (TPSA) is 20.2 Å². The van der Waals surface area contributed by atoms with E-state index in [0.717, 1.165) is 16.5 Å². The van der Waals surface area contributed by atoms with Gasteiger partial charge >= 0.3 is 0 Å². The van der Waals surface area contributed by atoms with E-state index in [0.29, 0.717) is 5.02 Å². The summed E-state index contributed by atoms with van der Waals surface area (Å²) >= 11 is 9.06. The molecule has 0 saturated heterocycles. The molecule has 1 aromatic rings. The van der Waals surface area contributed by atoms with Crippen molar-refractivity contribution >= 4 is 27.5 Å². The summed E-state index contributed by atoms with van der Waals surface area (Å²) in [6.07, 6.45) is 0. The van der Waals surface area contributed by atoms with Crippen LogP contribution in [0.1, 0.15) is 11.1 Å². The smallest absolute Gasteiger partial charge is 0.0684 e. The summed E-state index contributed by atoms with van der Waals surface area (Å²) < 4.78 is 0. The van der Waals surface area contributed by atoms with Gasteiger partial charge in [0.05, 0.1) is 6.61 Å². The number of hydrogen-bond donors (Lipinski definition) is 1. The summed E-state index contributed by atoms with van der Waals surface area (Å²) in [6.45, 7) is 0.0676. The predicted octanol–water partition coefficient (Wildman–Crippen LogP) is 2.73. The largest absolute Gasteiger partial charge is 0.392 e. The third-order valence-electron chi connectivity index (χ3n) is 1.48. The van der Waals surface area contributed by atoms with Gasteiger partial charge in [0.25, 0.3) is 0 Å². The summed E-state index contributed by atoms with van der Waals surface area (Å²) in [6, 6.07) is 5.46. The average molecular weight is 236 g/mol. The SMILES string of the molecule is OCc1ccc(Cl)cc1CBr. The molecule has 1 N–H and O–H groups in total. The number of rotatable bonds is 2. The van der Waals surface area contributed by atoms with Crippen molar-refractivity contribution in [3.05, 3.63) is 34.3 Å². The fraction of sp³-hybridized carbons (Fsp3) is 0.250. The van der Waals surface area contributed by atoms with Gasteiger partial charge in [-0.05, 0) is 23.3 Å². The van der Waals surface area contributed by atoms with Crippen molar-refractivity contribution in [2.75, 3.05) is 0 Å². The highest BCUT2D eigenvalue weighted by Gasteiger charge is 1.99. The average Bonchev–Trinajstić information content (AvgIpc) is 2.04. The minimum Gasteiger partial charge on any atom is -0.392 e. The van der Waals surface area contributed by atoms with Crippen LogP contribution in [0.5, 0.6) is 0 Å². The molecule has 0 aliphatic rings. The van der Waals surface area contributed by atoms with E-state index in [9.17, 15) is 0 Å². The Balaban J connectivity index is 3.06. The first-order chi connectivity index (χ1) is 5.27. The maximum absolute atomic E-state index is 8.88. The lowest BCUT2D eigenvalue weighted by Crippen LogP contribution is -1.89. The van der Waals surface area contributed by atoms with Crippen LogP contribution in [0.4, 0.5) is 0 Å². The van der Waals surface area contributed by atoms with Gasteiger partial charge in [0, 0.05) is 10.4 Å². The minimum absolute atomic E-state index is 0.0676. The lowest BCUT2D eigenvalue weighted by molar-refractivity contribution is 0.281. The zero-order chi connectivity index (χ0) is 8.27. The molecule has 0 spiro atoms. The Labute approximate surface area is 79.1 Å². The van der Waals surface area contributed by atoms with E-state index in [4.69, 9.17) is 16.7 Å². The first-order valence-electron chi connectivity index (χ1n) is 3.22. The van der Waals surface area contributed by atoms with Crippen LogP contribution >= 0.6 is 27.5 Å². The zero-order valence-corrected chi connectivity index (χ0v) is 8.19. The molecule has 0 bridgehead atoms. The number of benzene rings is 1. The molecule has 1 rings (SSSR count). The number of alkyl halides is 1. The first-order valence-corrected chi connectivity index (χ1v) is 4.72. The van der Waals surface area contributed by atoms with Crippen LogP contribution < -0.4 is 0 Å². The van der Waals surface area contributed by atoms with Gasteiger partial charge in [-0.3, -0.25) is 0 Å². The first kappa shape index (κ1) is 9.04. The molecule has 0 radical (unpaired) electrons. The molecular weight excluding hydrogens is 227 g/mol. The molecule has 60 valence electrons. The van der Waals surface area contributed by atoms with Gasteiger partial charge in [-0.25, -0.2) is 0 Å². The minimum atomic E-state index is 0.0676. The number of aliphatic hydroxyl groups is 1. The van der Waals surface area contributed by atoms with Crippen molar-refractivity contribution in [2.24, 2.45) is 0 Å². The third-order valence-corrected chi connectivity index (χ3v) is 2.32. The summed E-state index contributed by atoms with van der Waals surface area (Å²) in [7, 11) is 0. The second kappa shape index (κ2) is 4.10. The highest BCUT2D eigenvalue weighted by atomic mass is 79.9. The molecule has 11 heavy (non-hydrogen) atoms. The Hall–Kier alpha value is -0.0500. The highest BCUT2D eigenvalue weighted by molar-refractivity contribution is 9.08. The van der Waals surface area contributed by atoms with Crippen molar-refractivity contribution in [2.45, 2.75) is 11.9 Å². The fourth-order valence-corrected chi connectivity index (χ4v) is 1.59. The van der Waals surface area contributed by atoms with E-state index < -0.39 is 0 Å². The van der Waals surface area contributed by atoms with Crippen molar-refractivity contribution in [1.29, 1.82) is 0 Å². The Kier molecular flexibility index (Phi) is 3.37. The summed E-state index contributed by atoms with van der Waals surface area (Å²) in [4.78, 5) is 0. The van der Waals surface area contributed by atoms with Crippen molar-refractivity contribution in [3.63, 3.8) is 0 Å². The molecule has 0 atom stereocenters. The lowest BCUT2D eigenvalue weighted by Gasteiger charge is -2.03. The molecule has 0 unspecified atom stereocenters. The van der Waals surface area contributed by atoms with E-state index in [-0.39, 0.29) is 6.61 Å². The molecule has 0 amide bonds. The normalized spacial score (nSPS) is 10.1. The van der Waals surface area contributed by atoms with Crippen LogP contribution in [0.25, 0.3) is 0 Å². The van der Waals surface area contributed by atoms with E-state index in [1.807, 2.05) is 12.1 Å². The van der Waals surface area contributed by atoms with Crippen LogP contribution in [0.15, 0.2) is 18.2 Å². The van der Waals surface area contributed by atoms with Crippen LogP contribution in [-0.4, -0.2) is 5.11 Å². The van der Waals surface area contributed by atoms with E-state index in [2.05, 4.69) is 15.9 Å². The van der Waals surface area contributed by atoms with Crippen LogP contribution in [0, 0.1) is 0 Å². The van der Waals surface area contributed by atoms with E-state index in [1.165, 1.54) is 0 Å². The molecule has 3 heteroatoms. The Morgan fingerprint density at radius 2 is 2.09 bits per heavy atom. The third kappa shape index (κ3) is 2.19. The van der Waals surface area contributed by atoms with Gasteiger partial charge in [0.1, 0.15) is 0 Å². The maximum atomic E-state index is 8.88. The van der Waals surface area contributed by atoms with Crippen LogP contribution in [0.2, 0.25) is 5.02 Å². The second-order valence-corrected chi connectivity index (χ2v) is 3.20. The van der Waals surface area contributed by atoms with Gasteiger partial charge in [0.15, 0.2) is 0 Å². The monoisotopic (exact) mass is 234 g/mol. The maximum Gasteiger partial charge on any atom is 0.0684 e. The molecule has 1 nitrogen and oxygen atoms in total. The van der Waals surface area contributed by atoms with Gasteiger partial charge in [-0.2, -0.15) is 0 Å². The standard InChI is InChI=1S/C8H8BrClO/c9-4-7-3-8(10)2-1-6(7)5-11/h1-3,11H,4-5H2. The molecule has 0 fully saturated rings. The fourth-order valence-electron chi connectivity index (χ4n) is 0.873. The Morgan fingerprint density at radius 3 is 2.64 bits per heavy atom. The molecular formula is C8H8BrClO. The van der Waals surface area contributed by atoms with Gasteiger partial charge < -0.3 is 5.11 Å². The lowest BCUT2D eigenvalue weighted by atomic mass is 10.1. The number of hydrogen-bond acceptors (Lipinski definition) is 1. The van der Waals surface area contributed by atoms with Crippen molar-refractivity contribution in [1.82, 2.24) is 0 Å². The Morgan fingerprint density at radius 1 is 1.36 bits per heavy atom. The number of aliphatic hydroxyl groups excluding tert-OH is 1. The van der Waals surface area contributed by atoms with Crippen molar-refractivity contribution in [3.8, 4) is 0 Å².